The molecule has 2 rings (SSSR count). The molecule has 0 spiro atoms. The fourth-order valence-electron chi connectivity index (χ4n) is 2.34. The topological polar surface area (TPSA) is 55.6 Å². The number of nitrogens with zero attached hydrogens (tertiary/aromatic N) is 1. The van der Waals surface area contributed by atoms with Crippen molar-refractivity contribution in [2.24, 2.45) is 11.1 Å². The monoisotopic (exact) mass is 296 g/mol. The Kier molecular flexibility index (Phi) is 4.52. The van der Waals surface area contributed by atoms with E-state index in [0.717, 1.165) is 5.56 Å². The molecule has 20 heavy (non-hydrogen) atoms. The summed E-state index contributed by atoms with van der Waals surface area (Å²) in [5, 5.41) is 4.11. The first kappa shape index (κ1) is 15.5. The van der Waals surface area contributed by atoms with E-state index in [-0.39, 0.29) is 23.5 Å². The maximum absolute atomic E-state index is 12.6. The predicted molar refractivity (Wildman–Crippen MR) is 81.6 cm³/mol. The Bertz CT molecular complexity index is 453. The van der Waals surface area contributed by atoms with Crippen molar-refractivity contribution in [3.05, 3.63) is 22.4 Å². The van der Waals surface area contributed by atoms with Gasteiger partial charge in [0.15, 0.2) is 0 Å². The van der Waals surface area contributed by atoms with Crippen molar-refractivity contribution < 1.29 is 9.53 Å². The average molecular weight is 296 g/mol. The van der Waals surface area contributed by atoms with Gasteiger partial charge in [0.05, 0.1) is 18.7 Å². The van der Waals surface area contributed by atoms with Crippen molar-refractivity contribution in [3.63, 3.8) is 0 Å². The molecule has 1 aromatic heterocycles. The molecule has 0 aromatic carbocycles. The first-order chi connectivity index (χ1) is 9.29. The molecule has 2 N–H and O–H groups in total. The zero-order chi connectivity index (χ0) is 14.9. The summed E-state index contributed by atoms with van der Waals surface area (Å²) in [6, 6.07) is 1.58. The van der Waals surface area contributed by atoms with E-state index in [1.54, 1.807) is 11.3 Å². The van der Waals surface area contributed by atoms with Crippen LogP contribution in [0.25, 0.3) is 0 Å². The summed E-state index contributed by atoms with van der Waals surface area (Å²) in [5.41, 5.74) is 7.02. The molecule has 1 amide bonds. The maximum atomic E-state index is 12.6. The van der Waals surface area contributed by atoms with Crippen LogP contribution in [0, 0.1) is 5.41 Å². The van der Waals surface area contributed by atoms with E-state index in [2.05, 4.69) is 11.4 Å². The first-order valence-electron chi connectivity index (χ1n) is 7.01. The number of morpholine rings is 1. The smallest absolute Gasteiger partial charge is 0.240 e. The zero-order valence-corrected chi connectivity index (χ0v) is 13.4. The second kappa shape index (κ2) is 5.84. The van der Waals surface area contributed by atoms with Gasteiger partial charge < -0.3 is 15.4 Å². The van der Waals surface area contributed by atoms with Gasteiger partial charge in [-0.05, 0) is 34.7 Å². The lowest BCUT2D eigenvalue weighted by molar-refractivity contribution is -0.148. The minimum absolute atomic E-state index is 0.0212. The fourth-order valence-corrected chi connectivity index (χ4v) is 3.04. The molecule has 1 aromatic rings. The largest absolute Gasteiger partial charge is 0.367 e. The van der Waals surface area contributed by atoms with Gasteiger partial charge in [0, 0.05) is 6.54 Å². The molecule has 2 heterocycles. The number of carbonyl (C=O) groups excluding carboxylic acids is 1. The predicted octanol–water partition coefficient (Wildman–Crippen LogP) is 2.41. The third-order valence-corrected chi connectivity index (χ3v) is 4.39. The Labute approximate surface area is 124 Å². The summed E-state index contributed by atoms with van der Waals surface area (Å²) in [4.78, 5) is 14.4. The van der Waals surface area contributed by atoms with Gasteiger partial charge in [-0.3, -0.25) is 4.79 Å². The molecule has 0 radical (unpaired) electrons. The van der Waals surface area contributed by atoms with Crippen LogP contribution in [0.4, 0.5) is 0 Å². The highest BCUT2D eigenvalue weighted by molar-refractivity contribution is 7.07. The number of ether oxygens (including phenoxy) is 1. The lowest BCUT2D eigenvalue weighted by atomic mass is 9.86. The van der Waals surface area contributed by atoms with Crippen LogP contribution >= 0.6 is 11.3 Å². The highest BCUT2D eigenvalue weighted by Crippen LogP contribution is 2.28. The van der Waals surface area contributed by atoms with E-state index in [1.807, 2.05) is 38.0 Å². The van der Waals surface area contributed by atoms with Crippen molar-refractivity contribution in [2.75, 3.05) is 13.1 Å². The van der Waals surface area contributed by atoms with Crippen molar-refractivity contribution in [1.29, 1.82) is 0 Å². The Morgan fingerprint density at radius 3 is 2.75 bits per heavy atom. The number of hydrogen-bond donors (Lipinski definition) is 1. The Morgan fingerprint density at radius 2 is 2.20 bits per heavy atom. The van der Waals surface area contributed by atoms with Crippen LogP contribution in [0.3, 0.4) is 0 Å². The van der Waals surface area contributed by atoms with Crippen molar-refractivity contribution in [3.8, 4) is 0 Å². The molecule has 0 saturated carbocycles. The van der Waals surface area contributed by atoms with Crippen molar-refractivity contribution in [2.45, 2.75) is 45.9 Å². The van der Waals surface area contributed by atoms with E-state index >= 15 is 0 Å². The average Bonchev–Trinajstić information content (AvgIpc) is 2.89. The van der Waals surface area contributed by atoms with E-state index in [4.69, 9.17) is 10.5 Å². The summed E-state index contributed by atoms with van der Waals surface area (Å²) in [7, 11) is 0. The molecule has 0 aliphatic carbocycles. The third-order valence-electron chi connectivity index (χ3n) is 3.69. The van der Waals surface area contributed by atoms with Gasteiger partial charge in [-0.1, -0.05) is 20.8 Å². The summed E-state index contributed by atoms with van der Waals surface area (Å²) in [6.07, 6.45) is -0.00844. The van der Waals surface area contributed by atoms with Gasteiger partial charge in [-0.25, -0.2) is 0 Å². The van der Waals surface area contributed by atoms with Crippen LogP contribution in [-0.4, -0.2) is 36.0 Å². The normalized spacial score (nSPS) is 25.6. The number of thiophene rings is 1. The molecule has 0 bridgehead atoms. The van der Waals surface area contributed by atoms with Crippen LogP contribution in [0.15, 0.2) is 16.8 Å². The fraction of sp³-hybridized carbons (Fsp3) is 0.667. The summed E-state index contributed by atoms with van der Waals surface area (Å²) < 4.78 is 5.95. The molecule has 5 heteroatoms. The quantitative estimate of drug-likeness (QED) is 0.912. The minimum Gasteiger partial charge on any atom is -0.367 e. The summed E-state index contributed by atoms with van der Waals surface area (Å²) in [6.45, 7) is 9.19. The summed E-state index contributed by atoms with van der Waals surface area (Å²) in [5.74, 6) is 0.0212. The van der Waals surface area contributed by atoms with E-state index < -0.39 is 6.04 Å². The molecule has 1 fully saturated rings. The number of carbonyl (C=O) groups is 1. The maximum Gasteiger partial charge on any atom is 0.240 e. The second-order valence-corrected chi connectivity index (χ2v) is 7.36. The second-order valence-electron chi connectivity index (χ2n) is 6.58. The molecular formula is C15H24N2O2S. The van der Waals surface area contributed by atoms with Crippen LogP contribution in [-0.2, 0) is 9.53 Å². The molecule has 1 aliphatic rings. The highest BCUT2D eigenvalue weighted by atomic mass is 32.1. The van der Waals surface area contributed by atoms with Gasteiger partial charge in [0.2, 0.25) is 5.91 Å². The summed E-state index contributed by atoms with van der Waals surface area (Å²) >= 11 is 1.65. The van der Waals surface area contributed by atoms with Crippen molar-refractivity contribution >= 4 is 17.2 Å². The highest BCUT2D eigenvalue weighted by Gasteiger charge is 2.35. The van der Waals surface area contributed by atoms with Gasteiger partial charge in [0.25, 0.3) is 0 Å². The molecule has 112 valence electrons. The van der Waals surface area contributed by atoms with Crippen LogP contribution in [0.5, 0.6) is 0 Å². The molecule has 4 nitrogen and oxygen atoms in total. The van der Waals surface area contributed by atoms with Gasteiger partial charge >= 0.3 is 0 Å². The van der Waals surface area contributed by atoms with E-state index in [9.17, 15) is 4.79 Å². The van der Waals surface area contributed by atoms with Crippen LogP contribution < -0.4 is 5.73 Å². The van der Waals surface area contributed by atoms with Crippen molar-refractivity contribution in [1.82, 2.24) is 4.90 Å². The van der Waals surface area contributed by atoms with Crippen LogP contribution in [0.1, 0.15) is 39.4 Å². The Morgan fingerprint density at radius 1 is 1.50 bits per heavy atom. The van der Waals surface area contributed by atoms with Gasteiger partial charge in [-0.2, -0.15) is 11.3 Å². The lowest BCUT2D eigenvalue weighted by Gasteiger charge is -2.39. The standard InChI is InChI=1S/C15H24N2O2S/c1-10-7-17(14(18)13(16)15(2,3)4)8-12(19-10)11-5-6-20-9-11/h5-6,9-10,12-13H,7-8,16H2,1-4H3/t10?,12?,13-/m1/s1. The van der Waals surface area contributed by atoms with Gasteiger partial charge in [-0.15, -0.1) is 0 Å². The lowest BCUT2D eigenvalue weighted by Crippen LogP contribution is -2.55. The molecule has 1 aliphatic heterocycles. The molecule has 1 saturated heterocycles. The molecule has 3 atom stereocenters. The van der Waals surface area contributed by atoms with Crippen LogP contribution in [0.2, 0.25) is 0 Å². The SMILES string of the molecule is CC1CN(C(=O)[C@@H](N)C(C)(C)C)CC(c2ccsc2)O1. The van der Waals surface area contributed by atoms with E-state index in [0.29, 0.717) is 13.1 Å². The number of nitrogens with two attached hydrogens (primary N) is 1. The zero-order valence-electron chi connectivity index (χ0n) is 12.6. The minimum atomic E-state index is -0.476. The van der Waals surface area contributed by atoms with E-state index in [1.165, 1.54) is 0 Å². The first-order valence-corrected chi connectivity index (χ1v) is 7.95. The van der Waals surface area contributed by atoms with Gasteiger partial charge in [0.1, 0.15) is 6.10 Å². The Hall–Kier alpha value is -0.910. The Balaban J connectivity index is 2.10. The molecular weight excluding hydrogens is 272 g/mol. The third kappa shape index (κ3) is 3.40. The number of hydrogen-bond acceptors (Lipinski definition) is 4. The number of rotatable bonds is 2. The number of amides is 1. The molecule has 2 unspecified atom stereocenters.